The van der Waals surface area contributed by atoms with Crippen molar-refractivity contribution in [1.82, 2.24) is 0 Å². The van der Waals surface area contributed by atoms with Crippen LogP contribution in [0.2, 0.25) is 0 Å². The van der Waals surface area contributed by atoms with E-state index >= 15 is 0 Å². The average molecular weight is 679 g/mol. The van der Waals surface area contributed by atoms with Crippen LogP contribution in [0.4, 0.5) is 0 Å². The second-order valence-electron chi connectivity index (χ2n) is 13.0. The van der Waals surface area contributed by atoms with Crippen molar-refractivity contribution >= 4 is 65.4 Å². The molecular weight excluding hydrogens is 648 g/mol. The Bertz CT molecular complexity index is 2800. The number of furan rings is 2. The smallest absolute Gasteiger partial charge is 0.177 e. The van der Waals surface area contributed by atoms with Gasteiger partial charge in [-0.3, -0.25) is 0 Å². The highest BCUT2D eigenvalue weighted by Crippen LogP contribution is 2.49. The number of rotatable bonds is 7. The van der Waals surface area contributed by atoms with Crippen molar-refractivity contribution < 1.29 is 28.5 Å². The highest BCUT2D eigenvalue weighted by Gasteiger charge is 2.23. The molecule has 0 aliphatic carbocycles. The molecule has 0 unspecified atom stereocenters. The fourth-order valence-corrected chi connectivity index (χ4v) is 7.42. The topological polar surface area (TPSA) is 85.2 Å². The minimum absolute atomic E-state index is 0.0514. The molecule has 0 radical (unpaired) electrons. The van der Waals surface area contributed by atoms with Crippen LogP contribution in [-0.4, -0.2) is 10.2 Å². The Morgan fingerprint density at radius 2 is 0.827 bits per heavy atom. The van der Waals surface area contributed by atoms with Gasteiger partial charge in [-0.2, -0.15) is 0 Å². The maximum absolute atomic E-state index is 9.80. The zero-order valence-electron chi connectivity index (χ0n) is 27.8. The van der Waals surface area contributed by atoms with Crippen LogP contribution in [0.1, 0.15) is 11.1 Å². The molecule has 250 valence electrons. The van der Waals surface area contributed by atoms with Crippen molar-refractivity contribution in [2.24, 2.45) is 0 Å². The molecule has 0 saturated carbocycles. The number of aliphatic hydroxyl groups is 2. The Morgan fingerprint density at radius 3 is 1.29 bits per heavy atom. The van der Waals surface area contributed by atoms with E-state index in [1.807, 2.05) is 109 Å². The second kappa shape index (κ2) is 12.0. The summed E-state index contributed by atoms with van der Waals surface area (Å²) in [4.78, 5) is 0. The maximum Gasteiger partial charge on any atom is 0.177 e. The van der Waals surface area contributed by atoms with E-state index in [1.54, 1.807) is 0 Å². The molecule has 2 heterocycles. The molecule has 0 atom stereocenters. The van der Waals surface area contributed by atoms with Gasteiger partial charge in [0.15, 0.2) is 22.7 Å². The average Bonchev–Trinajstić information content (AvgIpc) is 3.77. The molecule has 0 aliphatic heterocycles. The number of para-hydroxylation sites is 2. The van der Waals surface area contributed by atoms with E-state index in [2.05, 4.69) is 36.4 Å². The van der Waals surface area contributed by atoms with E-state index in [0.717, 1.165) is 76.5 Å². The Morgan fingerprint density at radius 1 is 0.385 bits per heavy atom. The zero-order chi connectivity index (χ0) is 34.8. The number of hydrogen-bond donors (Lipinski definition) is 2. The summed E-state index contributed by atoms with van der Waals surface area (Å²) >= 11 is 0. The largest absolute Gasteiger partial charge is 0.453 e. The van der Waals surface area contributed by atoms with Gasteiger partial charge in [0.05, 0.1) is 13.2 Å². The van der Waals surface area contributed by atoms with Gasteiger partial charge in [0, 0.05) is 32.7 Å². The van der Waals surface area contributed by atoms with Gasteiger partial charge in [-0.1, -0.05) is 97.1 Å². The molecule has 0 aliphatic rings. The number of hydrogen-bond acceptors (Lipinski definition) is 6. The van der Waals surface area contributed by atoms with Crippen LogP contribution in [0, 0.1) is 0 Å². The predicted molar refractivity (Wildman–Crippen MR) is 206 cm³/mol. The third kappa shape index (κ3) is 4.81. The molecule has 0 saturated heterocycles. The number of benzene rings is 8. The van der Waals surface area contributed by atoms with Gasteiger partial charge in [0.2, 0.25) is 0 Å². The van der Waals surface area contributed by atoms with E-state index in [0.29, 0.717) is 34.2 Å². The van der Waals surface area contributed by atoms with E-state index in [9.17, 15) is 10.2 Å². The molecule has 2 N–H and O–H groups in total. The summed E-state index contributed by atoms with van der Waals surface area (Å²) in [5, 5.41) is 27.4. The molecule has 8 aromatic carbocycles. The monoisotopic (exact) mass is 678 g/mol. The van der Waals surface area contributed by atoms with E-state index < -0.39 is 0 Å². The molecule has 0 spiro atoms. The molecule has 10 aromatic rings. The third-order valence-corrected chi connectivity index (χ3v) is 9.89. The molecule has 2 aromatic heterocycles. The Labute approximate surface area is 297 Å². The number of aliphatic hydroxyl groups excluding tert-OH is 2. The molecular formula is C46H30O6. The summed E-state index contributed by atoms with van der Waals surface area (Å²) in [5.41, 5.74) is 6.09. The summed E-state index contributed by atoms with van der Waals surface area (Å²) in [6.45, 7) is -0.103. The van der Waals surface area contributed by atoms with E-state index in [-0.39, 0.29) is 13.2 Å². The van der Waals surface area contributed by atoms with Crippen molar-refractivity contribution in [3.05, 3.63) is 157 Å². The molecule has 0 fully saturated rings. The summed E-state index contributed by atoms with van der Waals surface area (Å²) < 4.78 is 26.6. The summed E-state index contributed by atoms with van der Waals surface area (Å²) in [5.74, 6) is 2.44. The van der Waals surface area contributed by atoms with Crippen molar-refractivity contribution in [2.75, 3.05) is 0 Å². The van der Waals surface area contributed by atoms with Gasteiger partial charge < -0.3 is 28.5 Å². The van der Waals surface area contributed by atoms with Gasteiger partial charge in [-0.05, 0) is 81.2 Å². The van der Waals surface area contributed by atoms with Crippen LogP contribution in [0.3, 0.4) is 0 Å². The van der Waals surface area contributed by atoms with Crippen LogP contribution >= 0.6 is 0 Å². The first-order valence-corrected chi connectivity index (χ1v) is 17.2. The first-order valence-electron chi connectivity index (χ1n) is 17.2. The molecule has 52 heavy (non-hydrogen) atoms. The lowest BCUT2D eigenvalue weighted by atomic mass is 9.92. The van der Waals surface area contributed by atoms with E-state index in [4.69, 9.17) is 18.3 Å². The fourth-order valence-electron chi connectivity index (χ4n) is 7.42. The number of fused-ring (bicyclic) bond motifs is 8. The second-order valence-corrected chi connectivity index (χ2v) is 13.0. The Hall–Kier alpha value is -6.60. The first kappa shape index (κ1) is 30.2. The van der Waals surface area contributed by atoms with E-state index in [1.165, 1.54) is 0 Å². The van der Waals surface area contributed by atoms with Crippen LogP contribution < -0.4 is 9.47 Å². The lowest BCUT2D eigenvalue weighted by Gasteiger charge is -2.19. The minimum Gasteiger partial charge on any atom is -0.453 e. The fraction of sp³-hybridized carbons (Fsp3) is 0.0435. The van der Waals surface area contributed by atoms with Crippen LogP contribution in [0.25, 0.3) is 76.5 Å². The highest BCUT2D eigenvalue weighted by molar-refractivity contribution is 6.11. The molecule has 6 nitrogen and oxygen atoms in total. The van der Waals surface area contributed by atoms with Crippen molar-refractivity contribution in [2.45, 2.75) is 13.2 Å². The highest BCUT2D eigenvalue weighted by atomic mass is 16.5. The van der Waals surface area contributed by atoms with Gasteiger partial charge in [0.1, 0.15) is 22.7 Å². The van der Waals surface area contributed by atoms with Crippen molar-refractivity contribution in [1.29, 1.82) is 0 Å². The lowest BCUT2D eigenvalue weighted by Crippen LogP contribution is -1.95. The molecule has 10 rings (SSSR count). The minimum atomic E-state index is -0.0514. The Balaban J connectivity index is 1.19. The van der Waals surface area contributed by atoms with Gasteiger partial charge in [-0.15, -0.1) is 0 Å². The van der Waals surface area contributed by atoms with Gasteiger partial charge >= 0.3 is 0 Å². The lowest BCUT2D eigenvalue weighted by molar-refractivity contribution is 0.282. The summed E-state index contributed by atoms with van der Waals surface area (Å²) in [6, 6.07) is 47.9. The Kier molecular flexibility index (Phi) is 6.99. The third-order valence-electron chi connectivity index (χ3n) is 9.89. The standard InChI is InChI=1S/C46H30O6/c47-25-27-15-19-37-35(23-27)33-11-5-13-41(45(33)51-37)49-39-21-17-29-7-1-3-9-31(29)43(39)44-32-10-4-2-8-30(32)18-22-40(44)50-42-14-6-12-34-36-24-28(26-48)16-20-38(36)52-46(34)42/h1-24,47-48H,25-26H2. The number of ether oxygens (including phenoxy) is 2. The predicted octanol–water partition coefficient (Wildman–Crippen LogP) is 12.0. The molecule has 0 bridgehead atoms. The SMILES string of the molecule is OCc1ccc2oc3c(Oc4ccc5ccccc5c4-c4c(Oc5cccc6c5oc5ccc(CO)cc56)ccc5ccccc45)cccc3c2c1. The summed E-state index contributed by atoms with van der Waals surface area (Å²) in [7, 11) is 0. The van der Waals surface area contributed by atoms with Crippen LogP contribution in [0.15, 0.2) is 154 Å². The summed E-state index contributed by atoms with van der Waals surface area (Å²) in [6.07, 6.45) is 0. The van der Waals surface area contributed by atoms with Gasteiger partial charge in [0.25, 0.3) is 0 Å². The van der Waals surface area contributed by atoms with Crippen LogP contribution in [0.5, 0.6) is 23.0 Å². The van der Waals surface area contributed by atoms with Crippen molar-refractivity contribution in [3.63, 3.8) is 0 Å². The normalized spacial score (nSPS) is 11.8. The van der Waals surface area contributed by atoms with Gasteiger partial charge in [-0.25, -0.2) is 0 Å². The zero-order valence-corrected chi connectivity index (χ0v) is 27.8. The first-order chi connectivity index (χ1) is 25.7. The maximum atomic E-state index is 9.80. The van der Waals surface area contributed by atoms with Crippen molar-refractivity contribution in [3.8, 4) is 34.1 Å². The quantitative estimate of drug-likeness (QED) is 0.174. The molecule has 0 amide bonds. The van der Waals surface area contributed by atoms with Crippen LogP contribution in [-0.2, 0) is 13.2 Å². The molecule has 6 heteroatoms.